The quantitative estimate of drug-likeness (QED) is 0.642. The number of rotatable bonds is 6. The molecular weight excluding hydrogens is 396 g/mol. The van der Waals surface area contributed by atoms with Crippen molar-refractivity contribution in [3.8, 4) is 11.5 Å². The van der Waals surface area contributed by atoms with Crippen LogP contribution in [0.5, 0.6) is 11.5 Å². The lowest BCUT2D eigenvalue weighted by Gasteiger charge is -2.19. The number of carbonyl (C=O) groups is 1. The third-order valence-electron chi connectivity index (χ3n) is 4.24. The minimum Gasteiger partial charge on any atom is -0.486 e. The van der Waals surface area contributed by atoms with Crippen molar-refractivity contribution in [3.05, 3.63) is 72.2 Å². The number of hydrogen-bond donors (Lipinski definition) is 2. The van der Waals surface area contributed by atoms with Crippen molar-refractivity contribution < 1.29 is 27.1 Å². The summed E-state index contributed by atoms with van der Waals surface area (Å²) >= 11 is 0. The first-order chi connectivity index (χ1) is 14.0. The summed E-state index contributed by atoms with van der Waals surface area (Å²) < 4.78 is 43.2. The van der Waals surface area contributed by atoms with E-state index in [0.29, 0.717) is 41.7 Å². The first-order valence-electron chi connectivity index (χ1n) is 8.84. The van der Waals surface area contributed by atoms with E-state index in [2.05, 4.69) is 10.0 Å². The lowest BCUT2D eigenvalue weighted by atomic mass is 10.2. The molecule has 2 N–H and O–H groups in total. The van der Waals surface area contributed by atoms with Gasteiger partial charge in [-0.3, -0.25) is 4.79 Å². The topological polar surface area (TPSA) is 107 Å². The van der Waals surface area contributed by atoms with Crippen LogP contribution < -0.4 is 19.5 Å². The molecule has 0 radical (unpaired) electrons. The standard InChI is InChI=1S/C20H18N2O6S/c23-20(22-15-5-8-18-19(12-15)28-11-10-27-18)14-3-6-17(7-4-14)29(24,25)21-13-16-2-1-9-26-16/h1-9,12,21H,10-11,13H2,(H,22,23). The summed E-state index contributed by atoms with van der Waals surface area (Å²) in [6.45, 7) is 0.986. The molecule has 0 bridgehead atoms. The van der Waals surface area contributed by atoms with Gasteiger partial charge in [-0.25, -0.2) is 13.1 Å². The Morgan fingerprint density at radius 1 is 0.966 bits per heavy atom. The highest BCUT2D eigenvalue weighted by Crippen LogP contribution is 2.32. The maximum Gasteiger partial charge on any atom is 0.255 e. The highest BCUT2D eigenvalue weighted by Gasteiger charge is 2.16. The molecule has 1 aromatic heterocycles. The number of hydrogen-bond acceptors (Lipinski definition) is 6. The number of anilines is 1. The molecular formula is C20H18N2O6S. The summed E-state index contributed by atoms with van der Waals surface area (Å²) in [6.07, 6.45) is 1.47. The van der Waals surface area contributed by atoms with Gasteiger partial charge in [0.25, 0.3) is 5.91 Å². The number of carbonyl (C=O) groups excluding carboxylic acids is 1. The van der Waals surface area contributed by atoms with E-state index >= 15 is 0 Å². The Morgan fingerprint density at radius 3 is 2.45 bits per heavy atom. The summed E-state index contributed by atoms with van der Waals surface area (Å²) in [6, 6.07) is 14.1. The SMILES string of the molecule is O=C(Nc1ccc2c(c1)OCCO2)c1ccc(S(=O)(=O)NCc2ccco2)cc1. The van der Waals surface area contributed by atoms with Gasteiger partial charge in [0.15, 0.2) is 11.5 Å². The fourth-order valence-corrected chi connectivity index (χ4v) is 3.77. The number of furan rings is 1. The van der Waals surface area contributed by atoms with Gasteiger partial charge >= 0.3 is 0 Å². The first-order valence-corrected chi connectivity index (χ1v) is 10.3. The fraction of sp³-hybridized carbons (Fsp3) is 0.150. The van der Waals surface area contributed by atoms with Crippen LogP contribution in [0.15, 0.2) is 70.2 Å². The second kappa shape index (κ2) is 7.98. The molecule has 0 fully saturated rings. The Morgan fingerprint density at radius 2 is 1.72 bits per heavy atom. The first kappa shape index (κ1) is 19.0. The summed E-state index contributed by atoms with van der Waals surface area (Å²) in [5.41, 5.74) is 0.876. The van der Waals surface area contributed by atoms with Crippen LogP contribution in [0.2, 0.25) is 0 Å². The van der Waals surface area contributed by atoms with Crippen molar-refractivity contribution in [1.29, 1.82) is 0 Å². The van der Waals surface area contributed by atoms with Crippen molar-refractivity contribution in [1.82, 2.24) is 4.72 Å². The van der Waals surface area contributed by atoms with Gasteiger partial charge in [0.2, 0.25) is 10.0 Å². The average molecular weight is 414 g/mol. The fourth-order valence-electron chi connectivity index (χ4n) is 2.77. The van der Waals surface area contributed by atoms with E-state index in [-0.39, 0.29) is 17.3 Å². The van der Waals surface area contributed by atoms with Crippen LogP contribution in [-0.4, -0.2) is 27.5 Å². The van der Waals surface area contributed by atoms with Gasteiger partial charge in [-0.2, -0.15) is 0 Å². The Kier molecular flexibility index (Phi) is 5.24. The number of ether oxygens (including phenoxy) is 2. The number of fused-ring (bicyclic) bond motifs is 1. The van der Waals surface area contributed by atoms with Crippen LogP contribution in [-0.2, 0) is 16.6 Å². The van der Waals surface area contributed by atoms with Crippen molar-refractivity contribution >= 4 is 21.6 Å². The summed E-state index contributed by atoms with van der Waals surface area (Å²) in [7, 11) is -3.72. The summed E-state index contributed by atoms with van der Waals surface area (Å²) in [4.78, 5) is 12.5. The summed E-state index contributed by atoms with van der Waals surface area (Å²) in [5.74, 6) is 1.34. The molecule has 8 nitrogen and oxygen atoms in total. The molecule has 0 saturated heterocycles. The number of benzene rings is 2. The second-order valence-corrected chi connectivity index (χ2v) is 8.01. The van der Waals surface area contributed by atoms with Crippen LogP contribution >= 0.6 is 0 Å². The molecule has 1 amide bonds. The van der Waals surface area contributed by atoms with E-state index in [4.69, 9.17) is 13.9 Å². The van der Waals surface area contributed by atoms with E-state index in [1.165, 1.54) is 30.5 Å². The average Bonchev–Trinajstić information content (AvgIpc) is 3.26. The minimum atomic E-state index is -3.72. The molecule has 150 valence electrons. The van der Waals surface area contributed by atoms with Gasteiger partial charge in [-0.1, -0.05) is 0 Å². The highest BCUT2D eigenvalue weighted by atomic mass is 32.2. The predicted molar refractivity (Wildman–Crippen MR) is 105 cm³/mol. The van der Waals surface area contributed by atoms with Crippen LogP contribution in [0.25, 0.3) is 0 Å². The Balaban J connectivity index is 1.42. The zero-order valence-corrected chi connectivity index (χ0v) is 16.1. The molecule has 2 aromatic carbocycles. The molecule has 0 saturated carbocycles. The lowest BCUT2D eigenvalue weighted by Crippen LogP contribution is -2.23. The molecule has 0 spiro atoms. The van der Waals surface area contributed by atoms with Crippen molar-refractivity contribution in [2.75, 3.05) is 18.5 Å². The van der Waals surface area contributed by atoms with E-state index in [1.807, 2.05) is 0 Å². The van der Waals surface area contributed by atoms with E-state index < -0.39 is 10.0 Å². The van der Waals surface area contributed by atoms with Gasteiger partial charge in [-0.15, -0.1) is 0 Å². The van der Waals surface area contributed by atoms with Crippen LogP contribution in [0.1, 0.15) is 16.1 Å². The Bertz CT molecular complexity index is 1110. The van der Waals surface area contributed by atoms with Crippen LogP contribution in [0.4, 0.5) is 5.69 Å². The summed E-state index contributed by atoms with van der Waals surface area (Å²) in [5, 5.41) is 2.76. The van der Waals surface area contributed by atoms with Gasteiger partial charge in [0.05, 0.1) is 17.7 Å². The molecule has 29 heavy (non-hydrogen) atoms. The normalized spacial score (nSPS) is 13.1. The highest BCUT2D eigenvalue weighted by molar-refractivity contribution is 7.89. The van der Waals surface area contributed by atoms with Crippen molar-refractivity contribution in [2.24, 2.45) is 0 Å². The molecule has 0 atom stereocenters. The van der Waals surface area contributed by atoms with Crippen molar-refractivity contribution in [3.63, 3.8) is 0 Å². The Hall–Kier alpha value is -3.30. The maximum atomic E-state index is 12.5. The molecule has 1 aliphatic rings. The number of sulfonamides is 1. The smallest absolute Gasteiger partial charge is 0.255 e. The number of nitrogens with one attached hydrogen (secondary N) is 2. The maximum absolute atomic E-state index is 12.5. The van der Waals surface area contributed by atoms with Gasteiger partial charge in [0, 0.05) is 17.3 Å². The molecule has 2 heterocycles. The van der Waals surface area contributed by atoms with E-state index in [9.17, 15) is 13.2 Å². The molecule has 4 rings (SSSR count). The van der Waals surface area contributed by atoms with Gasteiger partial charge < -0.3 is 19.2 Å². The van der Waals surface area contributed by atoms with Crippen LogP contribution in [0.3, 0.4) is 0 Å². The predicted octanol–water partition coefficient (Wildman–Crippen LogP) is 2.78. The van der Waals surface area contributed by atoms with Crippen LogP contribution in [0, 0.1) is 0 Å². The third-order valence-corrected chi connectivity index (χ3v) is 5.66. The van der Waals surface area contributed by atoms with Gasteiger partial charge in [-0.05, 0) is 48.5 Å². The minimum absolute atomic E-state index is 0.0433. The largest absolute Gasteiger partial charge is 0.486 e. The Labute approximate surface area is 167 Å². The zero-order chi connectivity index (χ0) is 20.3. The van der Waals surface area contributed by atoms with E-state index in [1.54, 1.807) is 30.3 Å². The van der Waals surface area contributed by atoms with Gasteiger partial charge in [0.1, 0.15) is 19.0 Å². The molecule has 0 aliphatic carbocycles. The monoisotopic (exact) mass is 414 g/mol. The molecule has 0 unspecified atom stereocenters. The third kappa shape index (κ3) is 4.41. The zero-order valence-electron chi connectivity index (χ0n) is 15.3. The number of amides is 1. The van der Waals surface area contributed by atoms with E-state index in [0.717, 1.165) is 0 Å². The molecule has 1 aliphatic heterocycles. The van der Waals surface area contributed by atoms with Crippen molar-refractivity contribution in [2.45, 2.75) is 11.4 Å². The second-order valence-electron chi connectivity index (χ2n) is 6.24. The molecule has 9 heteroatoms. The molecule has 3 aromatic rings. The lowest BCUT2D eigenvalue weighted by molar-refractivity contribution is 0.102.